The zero-order valence-electron chi connectivity index (χ0n) is 17.2. The van der Waals surface area contributed by atoms with Gasteiger partial charge in [-0.15, -0.1) is 0 Å². The first-order valence-electron chi connectivity index (χ1n) is 10.3. The third kappa shape index (κ3) is 4.60. The average molecular weight is 421 g/mol. The van der Waals surface area contributed by atoms with E-state index in [4.69, 9.17) is 13.9 Å². The van der Waals surface area contributed by atoms with Crippen LogP contribution in [0.1, 0.15) is 30.0 Å². The first kappa shape index (κ1) is 20.7. The fourth-order valence-electron chi connectivity index (χ4n) is 3.82. The largest absolute Gasteiger partial charge is 0.482 e. The summed E-state index contributed by atoms with van der Waals surface area (Å²) in [4.78, 5) is 36.1. The number of hydrogen-bond donors (Lipinski definition) is 1. The Hall–Kier alpha value is -3.61. The number of ether oxygens (including phenoxy) is 2. The Morgan fingerprint density at radius 1 is 1.06 bits per heavy atom. The van der Waals surface area contributed by atoms with Crippen molar-refractivity contribution in [1.29, 1.82) is 0 Å². The molecule has 0 atom stereocenters. The van der Waals surface area contributed by atoms with E-state index in [1.165, 1.54) is 0 Å². The minimum absolute atomic E-state index is 0.313. The molecule has 0 fully saturated rings. The molecule has 1 heterocycles. The molecule has 0 bridgehead atoms. The molecule has 0 saturated carbocycles. The Labute approximate surface area is 179 Å². The normalized spacial score (nSPS) is 12.4. The van der Waals surface area contributed by atoms with Crippen LogP contribution < -0.4 is 15.7 Å². The van der Waals surface area contributed by atoms with Gasteiger partial charge in [-0.05, 0) is 55.0 Å². The maximum atomic E-state index is 12.1. The van der Waals surface area contributed by atoms with Crippen molar-refractivity contribution in [2.24, 2.45) is 0 Å². The number of aryl methyl sites for hydroxylation is 2. The summed E-state index contributed by atoms with van der Waals surface area (Å²) in [5.41, 5.74) is 3.61. The summed E-state index contributed by atoms with van der Waals surface area (Å²) < 4.78 is 15.8. The van der Waals surface area contributed by atoms with Crippen LogP contribution in [-0.2, 0) is 33.6 Å². The summed E-state index contributed by atoms with van der Waals surface area (Å²) in [5.74, 6) is -0.711. The molecule has 31 heavy (non-hydrogen) atoms. The Kier molecular flexibility index (Phi) is 6.02. The highest BCUT2D eigenvalue weighted by Crippen LogP contribution is 2.29. The number of rotatable bonds is 7. The van der Waals surface area contributed by atoms with E-state index in [9.17, 15) is 14.4 Å². The monoisotopic (exact) mass is 421 g/mol. The number of esters is 1. The smallest absolute Gasteiger partial charge is 0.344 e. The van der Waals surface area contributed by atoms with Crippen molar-refractivity contribution in [3.63, 3.8) is 0 Å². The number of carbonyl (C=O) groups excluding carboxylic acids is 2. The number of anilines is 1. The maximum absolute atomic E-state index is 12.1. The number of nitrogens with one attached hydrogen (secondary N) is 1. The molecular weight excluding hydrogens is 398 g/mol. The minimum atomic E-state index is -0.672. The zero-order valence-corrected chi connectivity index (χ0v) is 17.2. The van der Waals surface area contributed by atoms with Gasteiger partial charge in [0, 0.05) is 22.7 Å². The van der Waals surface area contributed by atoms with Crippen molar-refractivity contribution in [1.82, 2.24) is 0 Å². The molecule has 7 nitrogen and oxygen atoms in total. The van der Waals surface area contributed by atoms with Gasteiger partial charge < -0.3 is 19.2 Å². The second-order valence-electron chi connectivity index (χ2n) is 7.37. The van der Waals surface area contributed by atoms with Gasteiger partial charge >= 0.3 is 11.6 Å². The van der Waals surface area contributed by atoms with E-state index in [1.54, 1.807) is 18.2 Å². The molecule has 2 aromatic carbocycles. The average Bonchev–Trinajstić information content (AvgIpc) is 3.27. The molecule has 4 rings (SSSR count). The van der Waals surface area contributed by atoms with Gasteiger partial charge in [0.05, 0.1) is 0 Å². The summed E-state index contributed by atoms with van der Waals surface area (Å²) in [6, 6.07) is 12.6. The summed E-state index contributed by atoms with van der Waals surface area (Å²) in [6.45, 7) is 1.23. The minimum Gasteiger partial charge on any atom is -0.482 e. The van der Waals surface area contributed by atoms with Crippen molar-refractivity contribution in [3.8, 4) is 5.75 Å². The fraction of sp³-hybridized carbons (Fsp3) is 0.292. The molecule has 1 aliphatic carbocycles. The van der Waals surface area contributed by atoms with Crippen molar-refractivity contribution >= 4 is 28.5 Å². The summed E-state index contributed by atoms with van der Waals surface area (Å²) in [6.07, 6.45) is 3.32. The molecule has 0 saturated heterocycles. The molecular formula is C24H23NO6. The van der Waals surface area contributed by atoms with Gasteiger partial charge in [-0.1, -0.05) is 25.1 Å². The van der Waals surface area contributed by atoms with Crippen LogP contribution in [0.25, 0.3) is 11.0 Å². The van der Waals surface area contributed by atoms with E-state index >= 15 is 0 Å². The highest BCUT2D eigenvalue weighted by molar-refractivity contribution is 5.93. The Bertz CT molecular complexity index is 1200. The van der Waals surface area contributed by atoms with Gasteiger partial charge in [0.15, 0.2) is 13.2 Å². The highest BCUT2D eigenvalue weighted by Gasteiger charge is 2.20. The number of carbonyl (C=O) groups is 2. The van der Waals surface area contributed by atoms with E-state index in [2.05, 4.69) is 5.32 Å². The quantitative estimate of drug-likeness (QED) is 0.464. The molecule has 0 radical (unpaired) electrons. The number of para-hydroxylation sites is 1. The number of benzene rings is 2. The predicted molar refractivity (Wildman–Crippen MR) is 115 cm³/mol. The van der Waals surface area contributed by atoms with Crippen LogP contribution in [0, 0.1) is 0 Å². The van der Waals surface area contributed by atoms with E-state index in [0.717, 1.165) is 47.8 Å². The standard InChI is InChI=1S/C24H23NO6/c1-2-15-6-3-4-9-20(15)25-22(26)13-30-23(27)14-29-16-10-11-18-17-7-5-8-19(17)24(28)31-21(18)12-16/h3-4,6,9-12H,2,5,7-8,13-14H2,1H3,(H,25,26). The lowest BCUT2D eigenvalue weighted by atomic mass is 10.1. The molecule has 0 aliphatic heterocycles. The molecule has 3 aromatic rings. The Morgan fingerprint density at radius 2 is 1.87 bits per heavy atom. The van der Waals surface area contributed by atoms with Crippen LogP contribution in [-0.4, -0.2) is 25.1 Å². The first-order chi connectivity index (χ1) is 15.0. The molecule has 1 amide bonds. The SMILES string of the molecule is CCc1ccccc1NC(=O)COC(=O)COc1ccc2c3c(c(=O)oc2c1)CCC3. The zero-order chi connectivity index (χ0) is 21.8. The first-order valence-corrected chi connectivity index (χ1v) is 10.3. The second-order valence-corrected chi connectivity index (χ2v) is 7.37. The van der Waals surface area contributed by atoms with E-state index in [1.807, 2.05) is 31.2 Å². The number of hydrogen-bond acceptors (Lipinski definition) is 6. The molecule has 0 unspecified atom stereocenters. The molecule has 1 aromatic heterocycles. The summed E-state index contributed by atoms with van der Waals surface area (Å²) in [5, 5.41) is 3.63. The lowest BCUT2D eigenvalue weighted by Gasteiger charge is -2.11. The van der Waals surface area contributed by atoms with E-state index < -0.39 is 18.5 Å². The van der Waals surface area contributed by atoms with Gasteiger partial charge in [0.25, 0.3) is 5.91 Å². The molecule has 0 spiro atoms. The van der Waals surface area contributed by atoms with Crippen molar-refractivity contribution in [2.75, 3.05) is 18.5 Å². The van der Waals surface area contributed by atoms with Crippen LogP contribution in [0.3, 0.4) is 0 Å². The molecule has 1 aliphatic rings. The van der Waals surface area contributed by atoms with Gasteiger partial charge in [-0.25, -0.2) is 9.59 Å². The third-order valence-electron chi connectivity index (χ3n) is 5.34. The molecule has 160 valence electrons. The van der Waals surface area contributed by atoms with E-state index in [-0.39, 0.29) is 12.2 Å². The number of fused-ring (bicyclic) bond motifs is 3. The van der Waals surface area contributed by atoms with Crippen LogP contribution in [0.2, 0.25) is 0 Å². The lowest BCUT2D eigenvalue weighted by Crippen LogP contribution is -2.24. The van der Waals surface area contributed by atoms with Gasteiger partial charge in [0.2, 0.25) is 0 Å². The summed E-state index contributed by atoms with van der Waals surface area (Å²) >= 11 is 0. The highest BCUT2D eigenvalue weighted by atomic mass is 16.6. The van der Waals surface area contributed by atoms with Crippen LogP contribution in [0.5, 0.6) is 5.75 Å². The second kappa shape index (κ2) is 9.04. The van der Waals surface area contributed by atoms with Crippen LogP contribution >= 0.6 is 0 Å². The third-order valence-corrected chi connectivity index (χ3v) is 5.34. The molecule has 1 N–H and O–H groups in total. The van der Waals surface area contributed by atoms with Gasteiger partial charge in [-0.3, -0.25) is 4.79 Å². The maximum Gasteiger partial charge on any atom is 0.344 e. The van der Waals surface area contributed by atoms with E-state index in [0.29, 0.717) is 17.0 Å². The fourth-order valence-corrected chi connectivity index (χ4v) is 3.82. The summed E-state index contributed by atoms with van der Waals surface area (Å²) in [7, 11) is 0. The van der Waals surface area contributed by atoms with Crippen LogP contribution in [0.15, 0.2) is 51.7 Å². The topological polar surface area (TPSA) is 94.8 Å². The van der Waals surface area contributed by atoms with Crippen LogP contribution in [0.4, 0.5) is 5.69 Å². The lowest BCUT2D eigenvalue weighted by molar-refractivity contribution is -0.149. The predicted octanol–water partition coefficient (Wildman–Crippen LogP) is 3.40. The molecule has 7 heteroatoms. The van der Waals surface area contributed by atoms with Crippen molar-refractivity contribution in [3.05, 3.63) is 69.6 Å². The van der Waals surface area contributed by atoms with Crippen molar-refractivity contribution < 1.29 is 23.5 Å². The number of amides is 1. The Morgan fingerprint density at radius 3 is 2.71 bits per heavy atom. The Balaban J connectivity index is 1.31. The van der Waals surface area contributed by atoms with Gasteiger partial charge in [-0.2, -0.15) is 0 Å². The van der Waals surface area contributed by atoms with Crippen molar-refractivity contribution in [2.45, 2.75) is 32.6 Å². The van der Waals surface area contributed by atoms with Gasteiger partial charge in [0.1, 0.15) is 11.3 Å².